The lowest BCUT2D eigenvalue weighted by molar-refractivity contribution is -0.130. The van der Waals surface area contributed by atoms with E-state index in [1.165, 1.54) is 4.90 Å². The Morgan fingerprint density at radius 2 is 1.68 bits per heavy atom. The van der Waals surface area contributed by atoms with Crippen LogP contribution in [0.15, 0.2) is 0 Å². The Kier molecular flexibility index (Phi) is 8.52. The van der Waals surface area contributed by atoms with E-state index < -0.39 is 11.9 Å². The van der Waals surface area contributed by atoms with Crippen LogP contribution in [-0.2, 0) is 9.59 Å². The van der Waals surface area contributed by atoms with Crippen molar-refractivity contribution in [2.45, 2.75) is 19.8 Å². The van der Waals surface area contributed by atoms with Crippen molar-refractivity contribution in [3.63, 3.8) is 0 Å². The highest BCUT2D eigenvalue weighted by atomic mass is 16.2. The maximum Gasteiger partial charge on any atom is 0.321 e. The summed E-state index contributed by atoms with van der Waals surface area (Å²) in [4.78, 5) is 37.2. The molecule has 0 aromatic rings. The molecule has 0 saturated heterocycles. The molecule has 0 fully saturated rings. The van der Waals surface area contributed by atoms with Gasteiger partial charge in [0.1, 0.15) is 0 Å². The number of carbonyl (C=O) groups is 3. The Labute approximate surface area is 114 Å². The maximum atomic E-state index is 11.5. The third-order valence-corrected chi connectivity index (χ3v) is 2.39. The highest BCUT2D eigenvalue weighted by molar-refractivity contribution is 5.95. The number of urea groups is 1. The number of imide groups is 1. The number of hydrogen-bond donors (Lipinski definition) is 2. The molecule has 0 aliphatic rings. The first-order valence-electron chi connectivity index (χ1n) is 6.33. The van der Waals surface area contributed by atoms with Crippen LogP contribution in [0.2, 0.25) is 0 Å². The molecule has 0 unspecified atom stereocenters. The first kappa shape index (κ1) is 17.4. The maximum absolute atomic E-state index is 11.5. The van der Waals surface area contributed by atoms with E-state index in [9.17, 15) is 14.4 Å². The summed E-state index contributed by atoms with van der Waals surface area (Å²) in [7, 11) is 4.95. The molecule has 0 atom stereocenters. The van der Waals surface area contributed by atoms with Gasteiger partial charge in [0.15, 0.2) is 0 Å². The summed E-state index contributed by atoms with van der Waals surface area (Å²) in [5.74, 6) is -0.522. The molecule has 0 radical (unpaired) electrons. The van der Waals surface area contributed by atoms with Crippen LogP contribution in [0.5, 0.6) is 0 Å². The van der Waals surface area contributed by atoms with Crippen molar-refractivity contribution in [2.75, 3.05) is 40.8 Å². The van der Waals surface area contributed by atoms with Gasteiger partial charge in [-0.25, -0.2) is 4.79 Å². The summed E-state index contributed by atoms with van der Waals surface area (Å²) in [6.07, 6.45) is 1.85. The zero-order chi connectivity index (χ0) is 14.8. The molecule has 0 spiro atoms. The molecule has 0 aromatic heterocycles. The van der Waals surface area contributed by atoms with Crippen LogP contribution in [0.1, 0.15) is 19.8 Å². The van der Waals surface area contributed by atoms with E-state index >= 15 is 0 Å². The van der Waals surface area contributed by atoms with E-state index in [2.05, 4.69) is 10.6 Å². The number of likely N-dealkylation sites (N-methyl/N-ethyl adjacent to an activating group) is 2. The molecule has 0 aliphatic heterocycles. The van der Waals surface area contributed by atoms with E-state index in [1.807, 2.05) is 6.92 Å². The summed E-state index contributed by atoms with van der Waals surface area (Å²) in [5, 5.41) is 4.80. The Bertz CT molecular complexity index is 318. The second kappa shape index (κ2) is 9.32. The average Bonchev–Trinajstić information content (AvgIpc) is 2.28. The standard InChI is InChI=1S/C12H24N4O3/c1-5-6-7-13-12(19)14-10(17)8-16(4)9-11(18)15(2)3/h5-9H2,1-4H3,(H2,13,14,17,19). The Hall–Kier alpha value is -1.63. The number of carbonyl (C=O) groups excluding carboxylic acids is 3. The van der Waals surface area contributed by atoms with Crippen LogP contribution in [0.25, 0.3) is 0 Å². The number of unbranched alkanes of at least 4 members (excludes halogenated alkanes) is 1. The summed E-state index contributed by atoms with van der Waals surface area (Å²) in [5.41, 5.74) is 0. The van der Waals surface area contributed by atoms with Gasteiger partial charge in [-0.05, 0) is 13.5 Å². The van der Waals surface area contributed by atoms with Crippen molar-refractivity contribution in [1.82, 2.24) is 20.4 Å². The summed E-state index contributed by atoms with van der Waals surface area (Å²) in [6, 6.07) is -0.495. The van der Waals surface area contributed by atoms with Gasteiger partial charge < -0.3 is 10.2 Å². The summed E-state index contributed by atoms with van der Waals surface area (Å²) < 4.78 is 0. The number of nitrogens with zero attached hydrogens (tertiary/aromatic N) is 2. The van der Waals surface area contributed by atoms with Crippen LogP contribution < -0.4 is 10.6 Å². The van der Waals surface area contributed by atoms with Crippen molar-refractivity contribution < 1.29 is 14.4 Å². The van der Waals surface area contributed by atoms with Gasteiger partial charge in [0, 0.05) is 20.6 Å². The second-order valence-corrected chi connectivity index (χ2v) is 4.62. The Morgan fingerprint density at radius 1 is 1.05 bits per heavy atom. The molecule has 0 saturated carbocycles. The minimum atomic E-state index is -0.495. The van der Waals surface area contributed by atoms with Gasteiger partial charge in [0.2, 0.25) is 11.8 Å². The molecule has 19 heavy (non-hydrogen) atoms. The minimum absolute atomic E-state index is 0.000772. The topological polar surface area (TPSA) is 81.8 Å². The van der Waals surface area contributed by atoms with Crippen molar-refractivity contribution in [1.29, 1.82) is 0 Å². The normalized spacial score (nSPS) is 10.2. The SMILES string of the molecule is CCCCNC(=O)NC(=O)CN(C)CC(=O)N(C)C. The molecular formula is C12H24N4O3. The highest BCUT2D eigenvalue weighted by Crippen LogP contribution is 1.87. The molecule has 4 amide bonds. The van der Waals surface area contributed by atoms with Gasteiger partial charge in [-0.1, -0.05) is 13.3 Å². The molecular weight excluding hydrogens is 248 g/mol. The fourth-order valence-electron chi connectivity index (χ4n) is 1.26. The van der Waals surface area contributed by atoms with E-state index in [0.717, 1.165) is 12.8 Å². The van der Waals surface area contributed by atoms with E-state index in [0.29, 0.717) is 6.54 Å². The zero-order valence-corrected chi connectivity index (χ0v) is 12.2. The van der Waals surface area contributed by atoms with E-state index in [1.54, 1.807) is 26.0 Å². The van der Waals surface area contributed by atoms with Gasteiger partial charge in [0.25, 0.3) is 0 Å². The van der Waals surface area contributed by atoms with Gasteiger partial charge in [-0.3, -0.25) is 19.8 Å². The Morgan fingerprint density at radius 3 is 2.21 bits per heavy atom. The van der Waals surface area contributed by atoms with Crippen molar-refractivity contribution in [2.24, 2.45) is 0 Å². The molecule has 0 rings (SSSR count). The molecule has 110 valence electrons. The van der Waals surface area contributed by atoms with Crippen molar-refractivity contribution in [3.05, 3.63) is 0 Å². The minimum Gasteiger partial charge on any atom is -0.348 e. The molecule has 7 nitrogen and oxygen atoms in total. The average molecular weight is 272 g/mol. The number of nitrogens with one attached hydrogen (secondary N) is 2. The molecule has 0 heterocycles. The highest BCUT2D eigenvalue weighted by Gasteiger charge is 2.13. The number of rotatable bonds is 7. The van der Waals surface area contributed by atoms with E-state index in [-0.39, 0.29) is 19.0 Å². The van der Waals surface area contributed by atoms with Crippen LogP contribution in [-0.4, -0.2) is 68.4 Å². The largest absolute Gasteiger partial charge is 0.348 e. The molecule has 0 aromatic carbocycles. The predicted molar refractivity (Wildman–Crippen MR) is 72.6 cm³/mol. The lowest BCUT2D eigenvalue weighted by atomic mass is 10.3. The molecule has 7 heteroatoms. The third kappa shape index (κ3) is 9.01. The second-order valence-electron chi connectivity index (χ2n) is 4.62. The monoisotopic (exact) mass is 272 g/mol. The van der Waals surface area contributed by atoms with Crippen LogP contribution in [0.4, 0.5) is 4.79 Å². The molecule has 0 bridgehead atoms. The quantitative estimate of drug-likeness (QED) is 0.620. The summed E-state index contributed by atoms with van der Waals surface area (Å²) >= 11 is 0. The molecule has 2 N–H and O–H groups in total. The van der Waals surface area contributed by atoms with Crippen molar-refractivity contribution in [3.8, 4) is 0 Å². The lowest BCUT2D eigenvalue weighted by Gasteiger charge is -2.18. The van der Waals surface area contributed by atoms with Crippen LogP contribution in [0.3, 0.4) is 0 Å². The lowest BCUT2D eigenvalue weighted by Crippen LogP contribution is -2.45. The van der Waals surface area contributed by atoms with Gasteiger partial charge in [0.05, 0.1) is 13.1 Å². The fourth-order valence-corrected chi connectivity index (χ4v) is 1.26. The zero-order valence-electron chi connectivity index (χ0n) is 12.2. The van der Waals surface area contributed by atoms with Crippen LogP contribution >= 0.6 is 0 Å². The van der Waals surface area contributed by atoms with Gasteiger partial charge >= 0.3 is 6.03 Å². The smallest absolute Gasteiger partial charge is 0.321 e. The number of amides is 4. The van der Waals surface area contributed by atoms with Crippen molar-refractivity contribution >= 4 is 17.8 Å². The molecule has 0 aliphatic carbocycles. The predicted octanol–water partition coefficient (Wildman–Crippen LogP) is -0.368. The van der Waals surface area contributed by atoms with Gasteiger partial charge in [-0.15, -0.1) is 0 Å². The fraction of sp³-hybridized carbons (Fsp3) is 0.750. The Balaban J connectivity index is 3.90. The first-order chi connectivity index (χ1) is 8.86. The van der Waals surface area contributed by atoms with Gasteiger partial charge in [-0.2, -0.15) is 0 Å². The third-order valence-electron chi connectivity index (χ3n) is 2.39. The summed E-state index contributed by atoms with van der Waals surface area (Å²) in [6.45, 7) is 2.70. The first-order valence-corrected chi connectivity index (χ1v) is 6.33. The number of hydrogen-bond acceptors (Lipinski definition) is 4. The van der Waals surface area contributed by atoms with E-state index in [4.69, 9.17) is 0 Å². The van der Waals surface area contributed by atoms with Crippen LogP contribution in [0, 0.1) is 0 Å².